The largest absolute Gasteiger partial charge is 0.332 e. The van der Waals surface area contributed by atoms with Gasteiger partial charge in [0.1, 0.15) is 16.2 Å². The number of nitrogens with one attached hydrogen (secondary N) is 1. The number of likely N-dealkylation sites (N-methyl/N-ethyl adjacent to an activating group) is 1. The Balaban J connectivity index is 1.50. The molecule has 134 valence electrons. The van der Waals surface area contributed by atoms with Gasteiger partial charge in [-0.1, -0.05) is 11.8 Å². The molecular weight excluding hydrogens is 352 g/mol. The number of rotatable bonds is 4. The van der Waals surface area contributed by atoms with E-state index in [2.05, 4.69) is 16.9 Å². The van der Waals surface area contributed by atoms with E-state index in [-0.39, 0.29) is 11.2 Å². The van der Waals surface area contributed by atoms with Crippen LogP contribution in [0, 0.1) is 0 Å². The van der Waals surface area contributed by atoms with Crippen molar-refractivity contribution in [2.45, 2.75) is 43.4 Å². The Morgan fingerprint density at radius 1 is 1.36 bits per heavy atom. The lowest BCUT2D eigenvalue weighted by Crippen LogP contribution is -3.14. The molecule has 0 bridgehead atoms. The average Bonchev–Trinajstić information content (AvgIpc) is 3.22. The number of fused-ring (bicyclic) bond motifs is 3. The number of thiophene rings is 1. The molecule has 1 fully saturated rings. The second kappa shape index (κ2) is 7.21. The van der Waals surface area contributed by atoms with E-state index in [9.17, 15) is 4.79 Å². The van der Waals surface area contributed by atoms with E-state index in [0.717, 1.165) is 49.0 Å². The number of aromatic nitrogens is 2. The van der Waals surface area contributed by atoms with E-state index < -0.39 is 0 Å². The van der Waals surface area contributed by atoms with Gasteiger partial charge in [-0.2, -0.15) is 0 Å². The first-order valence-corrected chi connectivity index (χ1v) is 10.9. The van der Waals surface area contributed by atoms with Gasteiger partial charge in [0.2, 0.25) is 5.91 Å². The van der Waals surface area contributed by atoms with Gasteiger partial charge in [0.15, 0.2) is 0 Å². The molecule has 2 aromatic heterocycles. The molecule has 0 saturated carbocycles. The Morgan fingerprint density at radius 3 is 2.92 bits per heavy atom. The van der Waals surface area contributed by atoms with Gasteiger partial charge in [0.25, 0.3) is 0 Å². The summed E-state index contributed by atoms with van der Waals surface area (Å²) in [6.07, 6.45) is 5.17. The van der Waals surface area contributed by atoms with E-state index in [1.165, 1.54) is 28.7 Å². The number of nitrogens with zero attached hydrogens (tertiary/aromatic N) is 3. The molecule has 1 amide bonds. The smallest absolute Gasteiger partial charge is 0.236 e. The second-order valence-corrected chi connectivity index (χ2v) is 9.32. The first kappa shape index (κ1) is 17.2. The number of hydrogen-bond donors (Lipinski definition) is 1. The number of hydrogen-bond acceptors (Lipinski definition) is 5. The third-order valence-electron chi connectivity index (χ3n) is 5.38. The molecule has 4 rings (SSSR count). The van der Waals surface area contributed by atoms with Crippen molar-refractivity contribution < 1.29 is 9.69 Å². The van der Waals surface area contributed by atoms with Gasteiger partial charge < -0.3 is 9.80 Å². The minimum Gasteiger partial charge on any atom is -0.332 e. The molecule has 3 heterocycles. The van der Waals surface area contributed by atoms with Crippen LogP contribution in [0.4, 0.5) is 0 Å². The summed E-state index contributed by atoms with van der Waals surface area (Å²) in [6, 6.07) is 0. The van der Waals surface area contributed by atoms with Crippen LogP contribution >= 0.6 is 23.1 Å². The summed E-state index contributed by atoms with van der Waals surface area (Å²) >= 11 is 3.41. The number of aryl methyl sites for hydroxylation is 2. The molecule has 2 aliphatic rings. The van der Waals surface area contributed by atoms with Crippen molar-refractivity contribution in [3.63, 3.8) is 0 Å². The van der Waals surface area contributed by atoms with Crippen LogP contribution in [0.5, 0.6) is 0 Å². The van der Waals surface area contributed by atoms with Gasteiger partial charge in [0.05, 0.1) is 38.0 Å². The van der Waals surface area contributed by atoms with Crippen LogP contribution in [0.25, 0.3) is 10.2 Å². The molecular formula is C18H25N4OS2+. The first-order valence-electron chi connectivity index (χ1n) is 9.21. The number of quaternary nitrogens is 1. The van der Waals surface area contributed by atoms with E-state index in [0.29, 0.717) is 0 Å². The van der Waals surface area contributed by atoms with Crippen LogP contribution in [0.15, 0.2) is 11.4 Å². The summed E-state index contributed by atoms with van der Waals surface area (Å²) in [5.41, 5.74) is 1.43. The molecule has 1 atom stereocenters. The fraction of sp³-hybridized carbons (Fsp3) is 0.611. The van der Waals surface area contributed by atoms with E-state index in [1.54, 1.807) is 34.3 Å². The first-order chi connectivity index (χ1) is 12.2. The van der Waals surface area contributed by atoms with Crippen molar-refractivity contribution in [1.29, 1.82) is 0 Å². The Labute approximate surface area is 156 Å². The third kappa shape index (κ3) is 3.29. The molecule has 25 heavy (non-hydrogen) atoms. The normalized spacial score (nSPS) is 19.4. The summed E-state index contributed by atoms with van der Waals surface area (Å²) in [4.78, 5) is 28.0. The summed E-state index contributed by atoms with van der Waals surface area (Å²) < 4.78 is 0. The van der Waals surface area contributed by atoms with Gasteiger partial charge in [-0.15, -0.1) is 11.3 Å². The fourth-order valence-corrected chi connectivity index (χ4v) is 6.18. The quantitative estimate of drug-likeness (QED) is 0.647. The number of carbonyl (C=O) groups excluding carboxylic acids is 1. The number of thioether (sulfide) groups is 1. The Kier molecular flexibility index (Phi) is 4.97. The molecule has 0 aromatic carbocycles. The summed E-state index contributed by atoms with van der Waals surface area (Å²) in [7, 11) is 0. The molecule has 1 aliphatic carbocycles. The topological polar surface area (TPSA) is 50.5 Å². The average molecular weight is 378 g/mol. The number of piperazine rings is 1. The van der Waals surface area contributed by atoms with Crippen LogP contribution in [-0.4, -0.2) is 58.7 Å². The van der Waals surface area contributed by atoms with Crippen LogP contribution in [0.1, 0.15) is 30.7 Å². The molecule has 1 saturated heterocycles. The lowest BCUT2D eigenvalue weighted by atomic mass is 10.2. The summed E-state index contributed by atoms with van der Waals surface area (Å²) in [5, 5.41) is 2.10. The van der Waals surface area contributed by atoms with Gasteiger partial charge in [-0.3, -0.25) is 4.79 Å². The van der Waals surface area contributed by atoms with Gasteiger partial charge in [0, 0.05) is 10.3 Å². The number of amides is 1. The van der Waals surface area contributed by atoms with Gasteiger partial charge in [-0.05, 0) is 38.7 Å². The summed E-state index contributed by atoms with van der Waals surface area (Å²) in [5.74, 6) is 0.249. The Hall–Kier alpha value is -1.18. The van der Waals surface area contributed by atoms with Crippen molar-refractivity contribution in [1.82, 2.24) is 14.9 Å². The molecule has 0 spiro atoms. The van der Waals surface area contributed by atoms with Crippen molar-refractivity contribution in [3.05, 3.63) is 16.8 Å². The minimum atomic E-state index is -0.0989. The molecule has 7 heteroatoms. The lowest BCUT2D eigenvalue weighted by Gasteiger charge is -2.33. The predicted molar refractivity (Wildman–Crippen MR) is 103 cm³/mol. The predicted octanol–water partition coefficient (Wildman–Crippen LogP) is 1.41. The Bertz CT molecular complexity index is 783. The van der Waals surface area contributed by atoms with E-state index in [4.69, 9.17) is 0 Å². The van der Waals surface area contributed by atoms with Crippen molar-refractivity contribution in [2.24, 2.45) is 0 Å². The molecule has 1 aliphatic heterocycles. The number of carbonyl (C=O) groups is 1. The zero-order valence-corrected chi connectivity index (χ0v) is 16.5. The standard InChI is InChI=1S/C18H24N4OS2/c1-3-21-7-9-22(10-8-21)18(23)12(2)24-16-15-13-5-4-6-14(13)25-17(15)20-11-19-16/h11-12H,3-10H2,1-2H3/p+1/t12-/m0/s1. The van der Waals surface area contributed by atoms with Crippen LogP contribution in [0.3, 0.4) is 0 Å². The third-order valence-corrected chi connectivity index (χ3v) is 7.67. The van der Waals surface area contributed by atoms with Crippen molar-refractivity contribution in [2.75, 3.05) is 32.7 Å². The van der Waals surface area contributed by atoms with Crippen LogP contribution in [0.2, 0.25) is 0 Å². The highest BCUT2D eigenvalue weighted by Gasteiger charge is 2.28. The maximum absolute atomic E-state index is 12.9. The molecule has 0 unspecified atom stereocenters. The van der Waals surface area contributed by atoms with E-state index >= 15 is 0 Å². The molecule has 5 nitrogen and oxygen atoms in total. The minimum absolute atomic E-state index is 0.0989. The SMILES string of the molecule is CC[NH+]1CCN(C(=O)[C@H](C)Sc2ncnc3sc4c(c23)CCC4)CC1. The summed E-state index contributed by atoms with van der Waals surface area (Å²) in [6.45, 7) is 9.26. The van der Waals surface area contributed by atoms with Crippen molar-refractivity contribution >= 4 is 39.2 Å². The van der Waals surface area contributed by atoms with Gasteiger partial charge >= 0.3 is 0 Å². The van der Waals surface area contributed by atoms with Crippen molar-refractivity contribution in [3.8, 4) is 0 Å². The monoisotopic (exact) mass is 377 g/mol. The lowest BCUT2D eigenvalue weighted by molar-refractivity contribution is -0.902. The molecule has 2 aromatic rings. The second-order valence-electron chi connectivity index (χ2n) is 6.91. The van der Waals surface area contributed by atoms with E-state index in [1.807, 2.05) is 11.8 Å². The maximum Gasteiger partial charge on any atom is 0.236 e. The maximum atomic E-state index is 12.9. The van der Waals surface area contributed by atoms with Crippen LogP contribution < -0.4 is 4.90 Å². The highest BCUT2D eigenvalue weighted by atomic mass is 32.2. The Morgan fingerprint density at radius 2 is 2.16 bits per heavy atom. The molecule has 1 N–H and O–H groups in total. The zero-order valence-electron chi connectivity index (χ0n) is 14.9. The highest BCUT2D eigenvalue weighted by Crippen LogP contribution is 2.40. The zero-order chi connectivity index (χ0) is 17.4. The van der Waals surface area contributed by atoms with Gasteiger partial charge in [-0.25, -0.2) is 9.97 Å². The highest BCUT2D eigenvalue weighted by molar-refractivity contribution is 8.00. The fourth-order valence-electron chi connectivity index (χ4n) is 3.86. The van der Waals surface area contributed by atoms with Crippen LogP contribution in [-0.2, 0) is 17.6 Å². The molecule has 0 radical (unpaired) electrons.